The first kappa shape index (κ1) is 18.1. The summed E-state index contributed by atoms with van der Waals surface area (Å²) in [7, 11) is 1.98. The van der Waals surface area contributed by atoms with Gasteiger partial charge in [0, 0.05) is 60.4 Å². The molecule has 0 atom stereocenters. The Labute approximate surface area is 173 Å². The van der Waals surface area contributed by atoms with Crippen molar-refractivity contribution >= 4 is 34.1 Å². The van der Waals surface area contributed by atoms with Crippen LogP contribution in [0.5, 0.6) is 0 Å². The van der Waals surface area contributed by atoms with E-state index in [1.54, 1.807) is 6.20 Å². The molecular formula is C21H22ClN7. The van der Waals surface area contributed by atoms with Gasteiger partial charge < -0.3 is 9.88 Å². The number of aryl methyl sites for hydroxylation is 2. The molecule has 0 unspecified atom stereocenters. The van der Waals surface area contributed by atoms with Gasteiger partial charge in [0.25, 0.3) is 0 Å². The van der Waals surface area contributed by atoms with Gasteiger partial charge in [-0.15, -0.1) is 0 Å². The fourth-order valence-electron chi connectivity index (χ4n) is 3.64. The molecule has 0 amide bonds. The van der Waals surface area contributed by atoms with Crippen molar-refractivity contribution in [3.63, 3.8) is 0 Å². The standard InChI is InChI=1S/C21H22ClN7/c1-14-15(11-28-8-3-9-28)12-29(26-14)20-6-7-23-21(25-20)24-16-4-5-19-17(10-16)18(22)13-27(19)2/h4-7,10,12-13H,3,8-9,11H2,1-2H3,(H,23,24,25). The van der Waals surface area contributed by atoms with E-state index in [-0.39, 0.29) is 0 Å². The summed E-state index contributed by atoms with van der Waals surface area (Å²) in [5.41, 5.74) is 4.24. The smallest absolute Gasteiger partial charge is 0.229 e. The third-order valence-electron chi connectivity index (χ3n) is 5.42. The van der Waals surface area contributed by atoms with Gasteiger partial charge in [-0.3, -0.25) is 4.90 Å². The number of hydrogen-bond acceptors (Lipinski definition) is 5. The molecule has 148 valence electrons. The van der Waals surface area contributed by atoms with Crippen LogP contribution in [0.3, 0.4) is 0 Å². The van der Waals surface area contributed by atoms with E-state index in [1.165, 1.54) is 25.1 Å². The lowest BCUT2D eigenvalue weighted by atomic mass is 10.1. The molecule has 5 rings (SSSR count). The van der Waals surface area contributed by atoms with Crippen LogP contribution in [0.25, 0.3) is 16.7 Å². The first-order chi connectivity index (χ1) is 14.1. The quantitative estimate of drug-likeness (QED) is 0.540. The van der Waals surface area contributed by atoms with Crippen molar-refractivity contribution in [2.24, 2.45) is 7.05 Å². The second-order valence-electron chi connectivity index (χ2n) is 7.50. The summed E-state index contributed by atoms with van der Waals surface area (Å²) in [6.45, 7) is 5.33. The topological polar surface area (TPSA) is 63.8 Å². The number of rotatable bonds is 5. The average Bonchev–Trinajstić information content (AvgIpc) is 3.18. The van der Waals surface area contributed by atoms with E-state index < -0.39 is 0 Å². The molecule has 1 N–H and O–H groups in total. The molecule has 3 aromatic heterocycles. The van der Waals surface area contributed by atoms with E-state index in [0.717, 1.165) is 39.7 Å². The fourth-order valence-corrected chi connectivity index (χ4v) is 3.93. The molecule has 4 heterocycles. The summed E-state index contributed by atoms with van der Waals surface area (Å²) in [5.74, 6) is 1.26. The summed E-state index contributed by atoms with van der Waals surface area (Å²) in [4.78, 5) is 11.4. The Kier molecular flexibility index (Phi) is 4.49. The lowest BCUT2D eigenvalue weighted by molar-refractivity contribution is 0.172. The molecule has 4 aromatic rings. The van der Waals surface area contributed by atoms with E-state index in [1.807, 2.05) is 53.7 Å². The minimum absolute atomic E-state index is 0.520. The van der Waals surface area contributed by atoms with E-state index in [4.69, 9.17) is 11.6 Å². The summed E-state index contributed by atoms with van der Waals surface area (Å²) in [5, 5.41) is 9.64. The number of anilines is 2. The molecule has 0 saturated carbocycles. The zero-order valence-electron chi connectivity index (χ0n) is 16.4. The predicted octanol–water partition coefficient (Wildman–Crippen LogP) is 4.07. The zero-order valence-corrected chi connectivity index (χ0v) is 17.2. The number of halogens is 1. The monoisotopic (exact) mass is 407 g/mol. The maximum absolute atomic E-state index is 6.33. The Bertz CT molecular complexity index is 1190. The van der Waals surface area contributed by atoms with Crippen LogP contribution in [0.15, 0.2) is 42.9 Å². The predicted molar refractivity (Wildman–Crippen MR) is 115 cm³/mol. The van der Waals surface area contributed by atoms with E-state index in [9.17, 15) is 0 Å². The molecule has 29 heavy (non-hydrogen) atoms. The third-order valence-corrected chi connectivity index (χ3v) is 5.72. The average molecular weight is 408 g/mol. The number of aromatic nitrogens is 5. The van der Waals surface area contributed by atoms with Crippen LogP contribution in [-0.2, 0) is 13.6 Å². The van der Waals surface area contributed by atoms with E-state index >= 15 is 0 Å². The van der Waals surface area contributed by atoms with Crippen LogP contribution >= 0.6 is 11.6 Å². The third kappa shape index (κ3) is 3.47. The van der Waals surface area contributed by atoms with Gasteiger partial charge in [0.1, 0.15) is 0 Å². The van der Waals surface area contributed by atoms with Gasteiger partial charge in [0.2, 0.25) is 5.95 Å². The van der Waals surface area contributed by atoms with Crippen molar-refractivity contribution in [1.82, 2.24) is 29.2 Å². The molecule has 8 heteroatoms. The van der Waals surface area contributed by atoms with Crippen molar-refractivity contribution in [3.05, 3.63) is 59.1 Å². The number of hydrogen-bond donors (Lipinski definition) is 1. The minimum Gasteiger partial charge on any atom is -0.349 e. The second-order valence-corrected chi connectivity index (χ2v) is 7.90. The molecule has 7 nitrogen and oxygen atoms in total. The SMILES string of the molecule is Cc1nn(-c2ccnc(Nc3ccc4c(c3)c(Cl)cn4C)n2)cc1CN1CCC1. The van der Waals surface area contributed by atoms with Gasteiger partial charge >= 0.3 is 0 Å². The van der Waals surface area contributed by atoms with Gasteiger partial charge in [-0.2, -0.15) is 10.1 Å². The summed E-state index contributed by atoms with van der Waals surface area (Å²) >= 11 is 6.33. The maximum atomic E-state index is 6.33. The zero-order chi connectivity index (χ0) is 20.0. The van der Waals surface area contributed by atoms with Gasteiger partial charge in [-0.25, -0.2) is 9.67 Å². The Morgan fingerprint density at radius 3 is 2.83 bits per heavy atom. The number of likely N-dealkylation sites (tertiary alicyclic amines) is 1. The van der Waals surface area contributed by atoms with Gasteiger partial charge in [0.15, 0.2) is 5.82 Å². The number of nitrogens with zero attached hydrogens (tertiary/aromatic N) is 6. The van der Waals surface area contributed by atoms with E-state index in [0.29, 0.717) is 5.95 Å². The van der Waals surface area contributed by atoms with Crippen LogP contribution in [0, 0.1) is 6.92 Å². The molecule has 0 aliphatic carbocycles. The lowest BCUT2D eigenvalue weighted by Crippen LogP contribution is -2.36. The molecular weight excluding hydrogens is 386 g/mol. The summed E-state index contributed by atoms with van der Waals surface area (Å²) < 4.78 is 3.84. The molecule has 0 spiro atoms. The molecule has 1 saturated heterocycles. The van der Waals surface area contributed by atoms with Crippen LogP contribution in [0.4, 0.5) is 11.6 Å². The number of nitrogens with one attached hydrogen (secondary N) is 1. The lowest BCUT2D eigenvalue weighted by Gasteiger charge is -2.30. The van der Waals surface area contributed by atoms with Crippen LogP contribution in [-0.4, -0.2) is 42.3 Å². The molecule has 0 bridgehead atoms. The van der Waals surface area contributed by atoms with Crippen LogP contribution in [0.2, 0.25) is 5.02 Å². The first-order valence-electron chi connectivity index (χ1n) is 9.69. The minimum atomic E-state index is 0.520. The van der Waals surface area contributed by atoms with Crippen molar-refractivity contribution in [2.45, 2.75) is 19.9 Å². The highest BCUT2D eigenvalue weighted by Crippen LogP contribution is 2.28. The van der Waals surface area contributed by atoms with Crippen molar-refractivity contribution in [2.75, 3.05) is 18.4 Å². The normalized spacial score (nSPS) is 14.3. The van der Waals surface area contributed by atoms with Crippen molar-refractivity contribution < 1.29 is 0 Å². The molecule has 1 fully saturated rings. The highest BCUT2D eigenvalue weighted by atomic mass is 35.5. The van der Waals surface area contributed by atoms with Crippen molar-refractivity contribution in [3.8, 4) is 5.82 Å². The molecule has 1 aromatic carbocycles. The second kappa shape index (κ2) is 7.17. The Morgan fingerprint density at radius 2 is 2.03 bits per heavy atom. The highest BCUT2D eigenvalue weighted by Gasteiger charge is 2.17. The number of benzene rings is 1. The van der Waals surface area contributed by atoms with Gasteiger partial charge in [0.05, 0.1) is 10.7 Å². The Balaban J connectivity index is 1.40. The Hall–Kier alpha value is -2.90. The highest BCUT2D eigenvalue weighted by molar-refractivity contribution is 6.35. The number of fused-ring (bicyclic) bond motifs is 1. The van der Waals surface area contributed by atoms with Crippen LogP contribution in [0.1, 0.15) is 17.7 Å². The Morgan fingerprint density at radius 1 is 1.17 bits per heavy atom. The molecule has 0 radical (unpaired) electrons. The van der Waals surface area contributed by atoms with Gasteiger partial charge in [-0.05, 0) is 44.6 Å². The maximum Gasteiger partial charge on any atom is 0.229 e. The fraction of sp³-hybridized carbons (Fsp3) is 0.286. The summed E-state index contributed by atoms with van der Waals surface area (Å²) in [6.07, 6.45) is 7.00. The van der Waals surface area contributed by atoms with E-state index in [2.05, 4.69) is 31.5 Å². The van der Waals surface area contributed by atoms with Gasteiger partial charge in [-0.1, -0.05) is 11.6 Å². The summed E-state index contributed by atoms with van der Waals surface area (Å²) in [6, 6.07) is 7.91. The first-order valence-corrected chi connectivity index (χ1v) is 10.1. The van der Waals surface area contributed by atoms with Crippen molar-refractivity contribution in [1.29, 1.82) is 0 Å². The largest absolute Gasteiger partial charge is 0.349 e. The molecule has 1 aliphatic rings. The molecule has 1 aliphatic heterocycles. The van der Waals surface area contributed by atoms with Crippen LogP contribution < -0.4 is 5.32 Å².